The average molecular weight is 374 g/mol. The summed E-state index contributed by atoms with van der Waals surface area (Å²) < 4.78 is 0. The number of nitro benzene ring substituents is 1. The molecule has 2 aromatic rings. The summed E-state index contributed by atoms with van der Waals surface area (Å²) in [7, 11) is 0. The Bertz CT molecular complexity index is 848. The van der Waals surface area contributed by atoms with Crippen LogP contribution >= 0.6 is 11.6 Å². The number of carbonyl (C=O) groups is 1. The largest absolute Gasteiger partial charge is 0.366 e. The van der Waals surface area contributed by atoms with Gasteiger partial charge in [0, 0.05) is 35.4 Å². The first-order chi connectivity index (χ1) is 12.5. The molecule has 1 saturated heterocycles. The van der Waals surface area contributed by atoms with Crippen molar-refractivity contribution in [2.45, 2.75) is 26.2 Å². The molecule has 26 heavy (non-hydrogen) atoms. The van der Waals surface area contributed by atoms with Gasteiger partial charge in [0.1, 0.15) is 5.69 Å². The molecule has 1 N–H and O–H groups in total. The van der Waals surface area contributed by atoms with Crippen molar-refractivity contribution >= 4 is 34.6 Å². The van der Waals surface area contributed by atoms with Gasteiger partial charge < -0.3 is 10.2 Å². The summed E-state index contributed by atoms with van der Waals surface area (Å²) in [6.07, 6.45) is 3.19. The molecule has 0 unspecified atom stereocenters. The third-order valence-electron chi connectivity index (χ3n) is 4.58. The highest BCUT2D eigenvalue weighted by Crippen LogP contribution is 2.31. The lowest BCUT2D eigenvalue weighted by Crippen LogP contribution is -2.30. The maximum absolute atomic E-state index is 12.5. The van der Waals surface area contributed by atoms with Crippen LogP contribution in [0.2, 0.25) is 5.02 Å². The van der Waals surface area contributed by atoms with Gasteiger partial charge in [-0.25, -0.2) is 0 Å². The summed E-state index contributed by atoms with van der Waals surface area (Å²) in [5, 5.41) is 14.8. The second kappa shape index (κ2) is 7.74. The molecule has 136 valence electrons. The second-order valence-corrected chi connectivity index (χ2v) is 6.86. The molecule has 0 aromatic heterocycles. The van der Waals surface area contributed by atoms with Crippen LogP contribution in [0, 0.1) is 17.0 Å². The Balaban J connectivity index is 1.88. The van der Waals surface area contributed by atoms with Gasteiger partial charge in [0.2, 0.25) is 0 Å². The number of anilines is 2. The lowest BCUT2D eigenvalue weighted by molar-refractivity contribution is -0.384. The summed E-state index contributed by atoms with van der Waals surface area (Å²) in [6.45, 7) is 3.45. The van der Waals surface area contributed by atoms with Crippen molar-refractivity contribution in [2.75, 3.05) is 23.3 Å². The van der Waals surface area contributed by atoms with E-state index in [4.69, 9.17) is 11.6 Å². The van der Waals surface area contributed by atoms with Crippen LogP contribution in [0.4, 0.5) is 17.1 Å². The second-order valence-electron chi connectivity index (χ2n) is 6.42. The zero-order valence-electron chi connectivity index (χ0n) is 14.5. The summed E-state index contributed by atoms with van der Waals surface area (Å²) in [4.78, 5) is 25.7. The monoisotopic (exact) mass is 373 g/mol. The number of amides is 1. The average Bonchev–Trinajstić information content (AvgIpc) is 2.65. The number of rotatable bonds is 4. The number of aryl methyl sites for hydroxylation is 1. The molecule has 7 heteroatoms. The molecule has 1 aliphatic rings. The van der Waals surface area contributed by atoms with Gasteiger partial charge in [-0.3, -0.25) is 14.9 Å². The van der Waals surface area contributed by atoms with Gasteiger partial charge in [0.05, 0.1) is 4.92 Å². The molecule has 1 aliphatic heterocycles. The number of hydrogen-bond acceptors (Lipinski definition) is 4. The van der Waals surface area contributed by atoms with Crippen LogP contribution in [0.3, 0.4) is 0 Å². The number of benzene rings is 2. The molecule has 6 nitrogen and oxygen atoms in total. The number of piperidine rings is 1. The molecule has 1 heterocycles. The first kappa shape index (κ1) is 18.2. The smallest absolute Gasteiger partial charge is 0.293 e. The van der Waals surface area contributed by atoms with Crippen LogP contribution in [0.25, 0.3) is 0 Å². The van der Waals surface area contributed by atoms with Crippen LogP contribution in [0.1, 0.15) is 35.2 Å². The molecular weight excluding hydrogens is 354 g/mol. The van der Waals surface area contributed by atoms with Crippen molar-refractivity contribution in [1.82, 2.24) is 0 Å². The van der Waals surface area contributed by atoms with Crippen LogP contribution in [-0.2, 0) is 0 Å². The Morgan fingerprint density at radius 1 is 1.15 bits per heavy atom. The molecular formula is C19H20ClN3O3. The summed E-state index contributed by atoms with van der Waals surface area (Å²) >= 11 is 5.97. The van der Waals surface area contributed by atoms with E-state index in [9.17, 15) is 14.9 Å². The third kappa shape index (κ3) is 3.96. The van der Waals surface area contributed by atoms with Gasteiger partial charge in [-0.2, -0.15) is 0 Å². The molecule has 1 amide bonds. The van der Waals surface area contributed by atoms with E-state index in [0.717, 1.165) is 37.9 Å². The summed E-state index contributed by atoms with van der Waals surface area (Å²) in [5.74, 6) is -0.399. The Morgan fingerprint density at radius 3 is 2.58 bits per heavy atom. The summed E-state index contributed by atoms with van der Waals surface area (Å²) in [5.41, 5.74) is 2.23. The van der Waals surface area contributed by atoms with Gasteiger partial charge in [-0.05, 0) is 56.0 Å². The zero-order valence-corrected chi connectivity index (χ0v) is 15.3. The Hall–Kier alpha value is -2.60. The minimum atomic E-state index is -0.425. The molecule has 3 rings (SSSR count). The lowest BCUT2D eigenvalue weighted by Gasteiger charge is -2.28. The van der Waals surface area contributed by atoms with Gasteiger partial charge in [0.25, 0.3) is 11.6 Å². The maximum Gasteiger partial charge on any atom is 0.293 e. The number of nitrogens with zero attached hydrogens (tertiary/aromatic N) is 2. The van der Waals surface area contributed by atoms with Crippen LogP contribution < -0.4 is 10.2 Å². The highest BCUT2D eigenvalue weighted by molar-refractivity contribution is 6.31. The molecule has 0 saturated carbocycles. The molecule has 0 bridgehead atoms. The van der Waals surface area contributed by atoms with Crippen molar-refractivity contribution in [3.63, 3.8) is 0 Å². The SMILES string of the molecule is Cc1ccc(Cl)cc1NC(=O)c1ccc(N2CCCCC2)c([N+](=O)[O-])c1. The predicted molar refractivity (Wildman–Crippen MR) is 103 cm³/mol. The van der Waals surface area contributed by atoms with Crippen molar-refractivity contribution in [2.24, 2.45) is 0 Å². The van der Waals surface area contributed by atoms with E-state index in [1.54, 1.807) is 30.3 Å². The first-order valence-electron chi connectivity index (χ1n) is 8.56. The summed E-state index contributed by atoms with van der Waals surface area (Å²) in [6, 6.07) is 9.85. The predicted octanol–water partition coefficient (Wildman–Crippen LogP) is 4.80. The van der Waals surface area contributed by atoms with E-state index >= 15 is 0 Å². The maximum atomic E-state index is 12.5. The van der Waals surface area contributed by atoms with Crippen LogP contribution in [-0.4, -0.2) is 23.9 Å². The van der Waals surface area contributed by atoms with Crippen LogP contribution in [0.15, 0.2) is 36.4 Å². The number of halogens is 1. The van der Waals surface area contributed by atoms with Crippen molar-refractivity contribution < 1.29 is 9.72 Å². The Kier molecular flexibility index (Phi) is 5.42. The van der Waals surface area contributed by atoms with E-state index in [0.29, 0.717) is 16.4 Å². The van der Waals surface area contributed by atoms with E-state index in [1.807, 2.05) is 11.8 Å². The molecule has 0 atom stereocenters. The van der Waals surface area contributed by atoms with E-state index in [-0.39, 0.29) is 11.3 Å². The van der Waals surface area contributed by atoms with E-state index in [2.05, 4.69) is 5.32 Å². The van der Waals surface area contributed by atoms with Crippen LogP contribution in [0.5, 0.6) is 0 Å². The highest BCUT2D eigenvalue weighted by atomic mass is 35.5. The normalized spacial score (nSPS) is 14.2. The Labute approximate surface area is 156 Å². The first-order valence-corrected chi connectivity index (χ1v) is 8.94. The lowest BCUT2D eigenvalue weighted by atomic mass is 10.1. The topological polar surface area (TPSA) is 75.5 Å². The third-order valence-corrected chi connectivity index (χ3v) is 4.81. The van der Waals surface area contributed by atoms with Crippen molar-refractivity contribution in [3.05, 3.63) is 62.7 Å². The molecule has 0 aliphatic carbocycles. The molecule has 1 fully saturated rings. The fraction of sp³-hybridized carbons (Fsp3) is 0.316. The number of nitrogens with one attached hydrogen (secondary N) is 1. The Morgan fingerprint density at radius 2 is 1.88 bits per heavy atom. The molecule has 0 spiro atoms. The van der Waals surface area contributed by atoms with Gasteiger partial charge in [-0.15, -0.1) is 0 Å². The zero-order chi connectivity index (χ0) is 18.7. The standard InChI is InChI=1S/C19H20ClN3O3/c1-13-5-7-15(20)12-16(13)21-19(24)14-6-8-17(18(11-14)23(25)26)22-9-3-2-4-10-22/h5-8,11-12H,2-4,9-10H2,1H3,(H,21,24). The number of carbonyl (C=O) groups excluding carboxylic acids is 1. The van der Waals surface area contributed by atoms with Gasteiger partial charge in [0.15, 0.2) is 0 Å². The van der Waals surface area contributed by atoms with Gasteiger partial charge >= 0.3 is 0 Å². The number of hydrogen-bond donors (Lipinski definition) is 1. The minimum absolute atomic E-state index is 0.0395. The van der Waals surface area contributed by atoms with Crippen molar-refractivity contribution in [1.29, 1.82) is 0 Å². The van der Waals surface area contributed by atoms with E-state index < -0.39 is 10.8 Å². The fourth-order valence-corrected chi connectivity index (χ4v) is 3.31. The number of nitro groups is 1. The minimum Gasteiger partial charge on any atom is -0.366 e. The highest BCUT2D eigenvalue weighted by Gasteiger charge is 2.23. The van der Waals surface area contributed by atoms with Gasteiger partial charge in [-0.1, -0.05) is 17.7 Å². The van der Waals surface area contributed by atoms with Crippen molar-refractivity contribution in [3.8, 4) is 0 Å². The van der Waals surface area contributed by atoms with E-state index in [1.165, 1.54) is 6.07 Å². The fourth-order valence-electron chi connectivity index (χ4n) is 3.14. The quantitative estimate of drug-likeness (QED) is 0.617. The molecule has 0 radical (unpaired) electrons. The molecule has 2 aromatic carbocycles.